The summed E-state index contributed by atoms with van der Waals surface area (Å²) in [6.45, 7) is 6.44. The van der Waals surface area contributed by atoms with E-state index in [9.17, 15) is 13.6 Å². The number of aromatic nitrogens is 2. The maximum Gasteiger partial charge on any atom is 0.247 e. The summed E-state index contributed by atoms with van der Waals surface area (Å²) in [4.78, 5) is 22.1. The van der Waals surface area contributed by atoms with Crippen LogP contribution in [0, 0.1) is 11.6 Å². The number of allylic oxidation sites excluding steroid dienone is 2. The molecule has 2 N–H and O–H groups in total. The number of ether oxygens (including phenoxy) is 1. The van der Waals surface area contributed by atoms with Gasteiger partial charge >= 0.3 is 0 Å². The molecule has 1 aliphatic carbocycles. The van der Waals surface area contributed by atoms with Gasteiger partial charge in [-0.25, -0.2) is 18.7 Å². The van der Waals surface area contributed by atoms with Gasteiger partial charge in [0.2, 0.25) is 11.9 Å². The Bertz CT molecular complexity index is 1080. The Balaban J connectivity index is 1.53. The Morgan fingerprint density at radius 2 is 2.06 bits per heavy atom. The number of carbonyl (C=O) groups is 1. The fourth-order valence-electron chi connectivity index (χ4n) is 3.62. The highest BCUT2D eigenvalue weighted by Gasteiger charge is 2.20. The van der Waals surface area contributed by atoms with E-state index in [1.165, 1.54) is 17.8 Å². The second-order valence-corrected chi connectivity index (χ2v) is 7.38. The van der Waals surface area contributed by atoms with Gasteiger partial charge in [0.25, 0.3) is 0 Å². The topological polar surface area (TPSA) is 79.4 Å². The lowest BCUT2D eigenvalue weighted by atomic mass is 10.0. The van der Waals surface area contributed by atoms with E-state index < -0.39 is 17.5 Å². The van der Waals surface area contributed by atoms with E-state index in [2.05, 4.69) is 38.2 Å². The normalized spacial score (nSPS) is 18.1. The van der Waals surface area contributed by atoms with Crippen LogP contribution in [-0.4, -0.2) is 53.1 Å². The Morgan fingerprint density at radius 1 is 1.25 bits per heavy atom. The maximum absolute atomic E-state index is 14.5. The Hall–Kier alpha value is -3.59. The molecule has 166 valence electrons. The van der Waals surface area contributed by atoms with Crippen molar-refractivity contribution in [2.45, 2.75) is 12.5 Å². The number of anilines is 2. The molecule has 32 heavy (non-hydrogen) atoms. The first kappa shape index (κ1) is 21.6. The first-order valence-corrected chi connectivity index (χ1v) is 10.3. The Labute approximate surface area is 184 Å². The molecule has 2 heterocycles. The Morgan fingerprint density at radius 3 is 2.84 bits per heavy atom. The molecular weight excluding hydrogens is 416 g/mol. The molecule has 0 bridgehead atoms. The minimum atomic E-state index is -0.769. The van der Waals surface area contributed by atoms with Gasteiger partial charge < -0.3 is 20.3 Å². The molecule has 2 aromatic rings. The van der Waals surface area contributed by atoms with Gasteiger partial charge in [0.15, 0.2) is 5.82 Å². The standard InChI is InChI=1S/C23H23F2N5O2/c1-2-21(31)27-16-6-7-19(24)18(13-16)22-20(25)14-26-23(29-22)28-15-4-3-5-17(12-15)30-8-10-32-11-9-30/h2-7,13-15H,1,8-12H2,(H,27,31)(H,26,28,29). The molecule has 4 rings (SSSR count). The van der Waals surface area contributed by atoms with Crippen LogP contribution in [0.15, 0.2) is 61.0 Å². The fraction of sp³-hybridized carbons (Fsp3) is 0.261. The molecule has 1 saturated heterocycles. The van der Waals surface area contributed by atoms with Crippen molar-refractivity contribution in [1.29, 1.82) is 0 Å². The van der Waals surface area contributed by atoms with Crippen LogP contribution in [-0.2, 0) is 9.53 Å². The van der Waals surface area contributed by atoms with Crippen molar-refractivity contribution in [3.8, 4) is 11.3 Å². The van der Waals surface area contributed by atoms with Crippen molar-refractivity contribution in [2.24, 2.45) is 0 Å². The number of rotatable bonds is 6. The average Bonchev–Trinajstić information content (AvgIpc) is 2.82. The van der Waals surface area contributed by atoms with E-state index in [1.54, 1.807) is 0 Å². The highest BCUT2D eigenvalue weighted by molar-refractivity contribution is 5.99. The summed E-state index contributed by atoms with van der Waals surface area (Å²) in [7, 11) is 0. The Kier molecular flexibility index (Phi) is 6.55. The van der Waals surface area contributed by atoms with Crippen LogP contribution in [0.5, 0.6) is 0 Å². The first-order valence-electron chi connectivity index (χ1n) is 10.3. The smallest absolute Gasteiger partial charge is 0.247 e. The number of carbonyl (C=O) groups excluding carboxylic acids is 1. The third kappa shape index (κ3) is 5.00. The lowest BCUT2D eigenvalue weighted by Crippen LogP contribution is -2.37. The van der Waals surface area contributed by atoms with Crippen LogP contribution in [0.1, 0.15) is 6.42 Å². The zero-order chi connectivity index (χ0) is 22.5. The molecule has 1 atom stereocenters. The monoisotopic (exact) mass is 439 g/mol. The fourth-order valence-corrected chi connectivity index (χ4v) is 3.62. The van der Waals surface area contributed by atoms with Gasteiger partial charge in [-0.05, 0) is 30.4 Å². The van der Waals surface area contributed by atoms with Crippen molar-refractivity contribution in [2.75, 3.05) is 36.9 Å². The molecule has 7 nitrogen and oxygen atoms in total. The summed E-state index contributed by atoms with van der Waals surface area (Å²) in [5.41, 5.74) is 1.20. The second kappa shape index (κ2) is 9.69. The van der Waals surface area contributed by atoms with Gasteiger partial charge in [-0.15, -0.1) is 0 Å². The van der Waals surface area contributed by atoms with Crippen LogP contribution >= 0.6 is 0 Å². The number of nitrogens with zero attached hydrogens (tertiary/aromatic N) is 3. The third-order valence-corrected chi connectivity index (χ3v) is 5.21. The van der Waals surface area contributed by atoms with Crippen molar-refractivity contribution < 1.29 is 18.3 Å². The summed E-state index contributed by atoms with van der Waals surface area (Å²) in [6.07, 6.45) is 8.81. The molecule has 1 aliphatic heterocycles. The van der Waals surface area contributed by atoms with Crippen molar-refractivity contribution in [3.05, 3.63) is 72.6 Å². The summed E-state index contributed by atoms with van der Waals surface area (Å²) in [6, 6.07) is 3.75. The van der Waals surface area contributed by atoms with Gasteiger partial charge in [-0.1, -0.05) is 18.7 Å². The largest absolute Gasteiger partial charge is 0.378 e. The van der Waals surface area contributed by atoms with Crippen LogP contribution in [0.2, 0.25) is 0 Å². The van der Waals surface area contributed by atoms with Crippen molar-refractivity contribution in [3.63, 3.8) is 0 Å². The zero-order valence-electron chi connectivity index (χ0n) is 17.4. The van der Waals surface area contributed by atoms with Gasteiger partial charge in [-0.2, -0.15) is 0 Å². The lowest BCUT2D eigenvalue weighted by Gasteiger charge is -2.33. The molecule has 1 aromatic carbocycles. The average molecular weight is 439 g/mol. The van der Waals surface area contributed by atoms with E-state index in [0.29, 0.717) is 25.3 Å². The van der Waals surface area contributed by atoms with E-state index in [1.807, 2.05) is 12.2 Å². The van der Waals surface area contributed by atoms with Crippen LogP contribution < -0.4 is 10.6 Å². The summed E-state index contributed by atoms with van der Waals surface area (Å²) >= 11 is 0. The van der Waals surface area contributed by atoms with Gasteiger partial charge in [0.1, 0.15) is 11.5 Å². The molecule has 1 aromatic heterocycles. The molecule has 0 saturated carbocycles. The highest BCUT2D eigenvalue weighted by Crippen LogP contribution is 2.28. The van der Waals surface area contributed by atoms with Gasteiger partial charge in [0, 0.05) is 36.5 Å². The molecule has 1 unspecified atom stereocenters. The minimum absolute atomic E-state index is 0.0806. The lowest BCUT2D eigenvalue weighted by molar-refractivity contribution is -0.111. The maximum atomic E-state index is 14.5. The van der Waals surface area contributed by atoms with Gasteiger partial charge in [0.05, 0.1) is 25.5 Å². The first-order chi connectivity index (χ1) is 15.5. The predicted octanol–water partition coefficient (Wildman–Crippen LogP) is 3.50. The summed E-state index contributed by atoms with van der Waals surface area (Å²) in [5.74, 6) is -1.71. The molecule has 9 heteroatoms. The minimum Gasteiger partial charge on any atom is -0.378 e. The molecule has 1 amide bonds. The third-order valence-electron chi connectivity index (χ3n) is 5.21. The number of amides is 1. The van der Waals surface area contributed by atoms with Crippen LogP contribution in [0.3, 0.4) is 0 Å². The molecule has 2 aliphatic rings. The SMILES string of the molecule is C=CC(=O)Nc1ccc(F)c(-c2nc(NC3C=CC=C(N4CCOCC4)C3)ncc2F)c1. The number of hydrogen-bond donors (Lipinski definition) is 2. The van der Waals surface area contributed by atoms with E-state index >= 15 is 0 Å². The van der Waals surface area contributed by atoms with E-state index in [4.69, 9.17) is 4.74 Å². The molecular formula is C23H23F2N5O2. The molecule has 0 spiro atoms. The van der Waals surface area contributed by atoms with E-state index in [0.717, 1.165) is 31.4 Å². The van der Waals surface area contributed by atoms with Crippen LogP contribution in [0.25, 0.3) is 11.3 Å². The summed E-state index contributed by atoms with van der Waals surface area (Å²) < 4.78 is 34.4. The number of halogens is 2. The van der Waals surface area contributed by atoms with Crippen molar-refractivity contribution >= 4 is 17.5 Å². The van der Waals surface area contributed by atoms with Crippen molar-refractivity contribution in [1.82, 2.24) is 14.9 Å². The summed E-state index contributed by atoms with van der Waals surface area (Å²) in [5, 5.41) is 5.71. The number of benzene rings is 1. The number of nitrogens with one attached hydrogen (secondary N) is 2. The number of morpholine rings is 1. The predicted molar refractivity (Wildman–Crippen MR) is 118 cm³/mol. The zero-order valence-corrected chi connectivity index (χ0v) is 17.4. The highest BCUT2D eigenvalue weighted by atomic mass is 19.1. The van der Waals surface area contributed by atoms with Crippen LogP contribution in [0.4, 0.5) is 20.4 Å². The molecule has 1 fully saturated rings. The van der Waals surface area contributed by atoms with E-state index in [-0.39, 0.29) is 23.2 Å². The molecule has 0 radical (unpaired) electrons. The quantitative estimate of drug-likeness (QED) is 0.671. The van der Waals surface area contributed by atoms with Gasteiger partial charge in [-0.3, -0.25) is 4.79 Å². The number of hydrogen-bond acceptors (Lipinski definition) is 6. The second-order valence-electron chi connectivity index (χ2n) is 7.38.